The maximum atomic E-state index is 10.6. The Kier molecular flexibility index (Phi) is 8.33. The Morgan fingerprint density at radius 1 is 1.36 bits per heavy atom. The zero-order valence-electron chi connectivity index (χ0n) is 9.34. The SMILES string of the molecule is CCC(C)OCCCCOC(=O)NC. The van der Waals surface area contributed by atoms with E-state index in [2.05, 4.69) is 19.2 Å². The molecule has 1 N–H and O–H groups in total. The van der Waals surface area contributed by atoms with Gasteiger partial charge >= 0.3 is 6.09 Å². The molecule has 0 radical (unpaired) electrons. The van der Waals surface area contributed by atoms with Crippen molar-refractivity contribution < 1.29 is 14.3 Å². The van der Waals surface area contributed by atoms with Gasteiger partial charge in [0.15, 0.2) is 0 Å². The molecule has 1 amide bonds. The lowest BCUT2D eigenvalue weighted by Crippen LogP contribution is -2.19. The van der Waals surface area contributed by atoms with Crippen LogP contribution in [0.4, 0.5) is 4.79 Å². The highest BCUT2D eigenvalue weighted by molar-refractivity contribution is 5.66. The normalized spacial score (nSPS) is 12.2. The number of hydrogen-bond acceptors (Lipinski definition) is 3. The Hall–Kier alpha value is -0.770. The number of carbonyl (C=O) groups is 1. The molecule has 4 nitrogen and oxygen atoms in total. The van der Waals surface area contributed by atoms with E-state index in [-0.39, 0.29) is 6.09 Å². The summed E-state index contributed by atoms with van der Waals surface area (Å²) >= 11 is 0. The molecule has 1 atom stereocenters. The van der Waals surface area contributed by atoms with E-state index < -0.39 is 0 Å². The van der Waals surface area contributed by atoms with Gasteiger partial charge in [-0.25, -0.2) is 4.79 Å². The van der Waals surface area contributed by atoms with E-state index >= 15 is 0 Å². The minimum Gasteiger partial charge on any atom is -0.450 e. The van der Waals surface area contributed by atoms with Crippen LogP contribution in [0.3, 0.4) is 0 Å². The van der Waals surface area contributed by atoms with Crippen molar-refractivity contribution in [2.75, 3.05) is 20.3 Å². The van der Waals surface area contributed by atoms with Crippen LogP contribution in [-0.4, -0.2) is 32.5 Å². The molecule has 1 unspecified atom stereocenters. The van der Waals surface area contributed by atoms with Crippen molar-refractivity contribution in [1.29, 1.82) is 0 Å². The number of hydrogen-bond donors (Lipinski definition) is 1. The molecule has 0 aliphatic carbocycles. The van der Waals surface area contributed by atoms with Crippen molar-refractivity contribution in [3.63, 3.8) is 0 Å². The lowest BCUT2D eigenvalue weighted by molar-refractivity contribution is 0.0574. The zero-order chi connectivity index (χ0) is 10.8. The second-order valence-electron chi connectivity index (χ2n) is 3.18. The van der Waals surface area contributed by atoms with Crippen LogP contribution < -0.4 is 5.32 Å². The molecule has 84 valence electrons. The van der Waals surface area contributed by atoms with E-state index in [0.29, 0.717) is 12.7 Å². The maximum Gasteiger partial charge on any atom is 0.406 e. The molecule has 0 heterocycles. The lowest BCUT2D eigenvalue weighted by Gasteiger charge is -2.10. The molecule has 0 aliphatic heterocycles. The summed E-state index contributed by atoms with van der Waals surface area (Å²) in [6.07, 6.45) is 2.78. The average Bonchev–Trinajstić information content (AvgIpc) is 2.22. The Morgan fingerprint density at radius 3 is 2.57 bits per heavy atom. The van der Waals surface area contributed by atoms with Crippen LogP contribution in [0.1, 0.15) is 33.1 Å². The van der Waals surface area contributed by atoms with Gasteiger partial charge in [-0.15, -0.1) is 0 Å². The van der Waals surface area contributed by atoms with Crippen LogP contribution in [0.25, 0.3) is 0 Å². The molecule has 0 aromatic heterocycles. The Labute approximate surface area is 86.0 Å². The van der Waals surface area contributed by atoms with Crippen LogP contribution in [0.5, 0.6) is 0 Å². The number of carbonyl (C=O) groups excluding carboxylic acids is 1. The lowest BCUT2D eigenvalue weighted by atomic mass is 10.3. The molecule has 14 heavy (non-hydrogen) atoms. The van der Waals surface area contributed by atoms with Crippen molar-refractivity contribution in [2.45, 2.75) is 39.2 Å². The average molecular weight is 203 g/mol. The van der Waals surface area contributed by atoms with Gasteiger partial charge in [-0.3, -0.25) is 0 Å². The number of nitrogens with one attached hydrogen (secondary N) is 1. The van der Waals surface area contributed by atoms with Gasteiger partial charge in [0, 0.05) is 13.7 Å². The van der Waals surface area contributed by atoms with Gasteiger partial charge in [0.25, 0.3) is 0 Å². The topological polar surface area (TPSA) is 47.6 Å². The first-order valence-corrected chi connectivity index (χ1v) is 5.16. The van der Waals surface area contributed by atoms with E-state index in [0.717, 1.165) is 25.9 Å². The summed E-state index contributed by atoms with van der Waals surface area (Å²) in [5.74, 6) is 0. The van der Waals surface area contributed by atoms with Crippen LogP contribution in [0.2, 0.25) is 0 Å². The van der Waals surface area contributed by atoms with E-state index in [1.807, 2.05) is 0 Å². The predicted octanol–water partition coefficient (Wildman–Crippen LogP) is 1.94. The molecular formula is C10H21NO3. The third-order valence-electron chi connectivity index (χ3n) is 1.95. The Morgan fingerprint density at radius 2 is 2.00 bits per heavy atom. The maximum absolute atomic E-state index is 10.6. The molecule has 0 aromatic carbocycles. The zero-order valence-corrected chi connectivity index (χ0v) is 9.34. The van der Waals surface area contributed by atoms with Gasteiger partial charge in [0.2, 0.25) is 0 Å². The van der Waals surface area contributed by atoms with Gasteiger partial charge in [0.05, 0.1) is 12.7 Å². The smallest absolute Gasteiger partial charge is 0.406 e. The Bertz CT molecular complexity index is 150. The fourth-order valence-corrected chi connectivity index (χ4v) is 0.844. The molecule has 0 aliphatic rings. The number of rotatable bonds is 7. The first kappa shape index (κ1) is 13.2. The third kappa shape index (κ3) is 7.86. The van der Waals surface area contributed by atoms with Crippen LogP contribution >= 0.6 is 0 Å². The molecule has 0 spiro atoms. The first-order chi connectivity index (χ1) is 6.70. The molecule has 4 heteroatoms. The van der Waals surface area contributed by atoms with E-state index in [4.69, 9.17) is 9.47 Å². The molecule has 0 fully saturated rings. The fraction of sp³-hybridized carbons (Fsp3) is 0.900. The van der Waals surface area contributed by atoms with Crippen LogP contribution in [0, 0.1) is 0 Å². The Balaban J connectivity index is 3.10. The summed E-state index contributed by atoms with van der Waals surface area (Å²) in [6, 6.07) is 0. The molecular weight excluding hydrogens is 182 g/mol. The van der Waals surface area contributed by atoms with Crippen molar-refractivity contribution >= 4 is 6.09 Å². The number of amides is 1. The van der Waals surface area contributed by atoms with Gasteiger partial charge in [-0.05, 0) is 26.2 Å². The van der Waals surface area contributed by atoms with Gasteiger partial charge in [0.1, 0.15) is 0 Å². The molecule has 0 bridgehead atoms. The van der Waals surface area contributed by atoms with E-state index in [9.17, 15) is 4.79 Å². The van der Waals surface area contributed by atoms with Crippen molar-refractivity contribution in [3.05, 3.63) is 0 Å². The highest BCUT2D eigenvalue weighted by Gasteiger charge is 1.99. The van der Waals surface area contributed by atoms with Crippen molar-refractivity contribution in [1.82, 2.24) is 5.32 Å². The second kappa shape index (κ2) is 8.81. The summed E-state index contributed by atoms with van der Waals surface area (Å²) in [5, 5.41) is 2.39. The van der Waals surface area contributed by atoms with E-state index in [1.54, 1.807) is 7.05 Å². The highest BCUT2D eigenvalue weighted by atomic mass is 16.5. The monoisotopic (exact) mass is 203 g/mol. The first-order valence-electron chi connectivity index (χ1n) is 5.16. The van der Waals surface area contributed by atoms with Crippen LogP contribution in [-0.2, 0) is 9.47 Å². The molecule has 0 rings (SSSR count). The van der Waals surface area contributed by atoms with Crippen molar-refractivity contribution in [3.8, 4) is 0 Å². The summed E-state index contributed by atoms with van der Waals surface area (Å²) in [7, 11) is 1.55. The minimum absolute atomic E-state index is 0.329. The van der Waals surface area contributed by atoms with Gasteiger partial charge in [-0.1, -0.05) is 6.92 Å². The standard InChI is InChI=1S/C10H21NO3/c1-4-9(2)13-7-5-6-8-14-10(12)11-3/h9H,4-8H2,1-3H3,(H,11,12). The van der Waals surface area contributed by atoms with E-state index in [1.165, 1.54) is 0 Å². The number of alkyl carbamates (subject to hydrolysis) is 1. The molecule has 0 saturated heterocycles. The number of unbranched alkanes of at least 4 members (excludes halogenated alkanes) is 1. The van der Waals surface area contributed by atoms with Gasteiger partial charge < -0.3 is 14.8 Å². The van der Waals surface area contributed by atoms with Gasteiger partial charge in [-0.2, -0.15) is 0 Å². The minimum atomic E-state index is -0.368. The summed E-state index contributed by atoms with van der Waals surface area (Å²) in [5.41, 5.74) is 0. The fourth-order valence-electron chi connectivity index (χ4n) is 0.844. The predicted molar refractivity (Wildman–Crippen MR) is 55.3 cm³/mol. The largest absolute Gasteiger partial charge is 0.450 e. The molecule has 0 aromatic rings. The highest BCUT2D eigenvalue weighted by Crippen LogP contribution is 1.98. The molecule has 0 saturated carbocycles. The number of ether oxygens (including phenoxy) is 2. The summed E-state index contributed by atoms with van der Waals surface area (Å²) in [6.45, 7) is 5.36. The third-order valence-corrected chi connectivity index (χ3v) is 1.95. The second-order valence-corrected chi connectivity index (χ2v) is 3.18. The van der Waals surface area contributed by atoms with Crippen LogP contribution in [0.15, 0.2) is 0 Å². The van der Waals surface area contributed by atoms with Crippen molar-refractivity contribution in [2.24, 2.45) is 0 Å². The summed E-state index contributed by atoms with van der Waals surface area (Å²) < 4.78 is 10.3. The quantitative estimate of drug-likeness (QED) is 0.643. The summed E-state index contributed by atoms with van der Waals surface area (Å²) in [4.78, 5) is 10.6.